The van der Waals surface area contributed by atoms with E-state index in [-0.39, 0.29) is 11.5 Å². The van der Waals surface area contributed by atoms with E-state index in [1.54, 1.807) is 36.5 Å². The van der Waals surface area contributed by atoms with Crippen LogP contribution in [0.1, 0.15) is 0 Å². The van der Waals surface area contributed by atoms with Crippen molar-refractivity contribution in [3.05, 3.63) is 60.8 Å². The molecular weight excluding hydrogens is 264 g/mol. The number of phenolic OH excluding ortho intramolecular Hbond substituents is 2. The van der Waals surface area contributed by atoms with Gasteiger partial charge in [-0.15, -0.1) is 0 Å². The van der Waals surface area contributed by atoms with Crippen LogP contribution >= 0.6 is 0 Å². The maximum Gasteiger partial charge on any atom is 0.116 e. The summed E-state index contributed by atoms with van der Waals surface area (Å²) < 4.78 is 0. The number of aromatic hydroxyl groups is 2. The number of hydrogen-bond acceptors (Lipinski definition) is 4. The molecule has 104 valence electrons. The van der Waals surface area contributed by atoms with Gasteiger partial charge < -0.3 is 15.9 Å². The van der Waals surface area contributed by atoms with Gasteiger partial charge >= 0.3 is 0 Å². The molecule has 0 saturated carbocycles. The monoisotopic (exact) mass is 278 g/mol. The van der Waals surface area contributed by atoms with E-state index in [2.05, 4.69) is 4.98 Å². The van der Waals surface area contributed by atoms with E-state index in [0.29, 0.717) is 5.69 Å². The number of nitrogens with two attached hydrogens (primary N) is 1. The van der Waals surface area contributed by atoms with Gasteiger partial charge in [0.15, 0.2) is 0 Å². The van der Waals surface area contributed by atoms with Crippen molar-refractivity contribution in [1.29, 1.82) is 0 Å². The van der Waals surface area contributed by atoms with Gasteiger partial charge in [-0.1, -0.05) is 18.2 Å². The Hall–Kier alpha value is -3.01. The molecule has 0 bridgehead atoms. The van der Waals surface area contributed by atoms with Crippen molar-refractivity contribution in [3.63, 3.8) is 0 Å². The molecule has 2 aromatic carbocycles. The maximum atomic E-state index is 9.75. The summed E-state index contributed by atoms with van der Waals surface area (Å²) in [5.41, 5.74) is 9.63. The number of anilines is 1. The molecule has 0 spiro atoms. The Labute approximate surface area is 122 Å². The van der Waals surface area contributed by atoms with Crippen molar-refractivity contribution in [1.82, 2.24) is 4.98 Å². The van der Waals surface area contributed by atoms with Gasteiger partial charge in [0.05, 0.1) is 17.6 Å². The number of rotatable bonds is 2. The Morgan fingerprint density at radius 2 is 1.48 bits per heavy atom. The average Bonchev–Trinajstić information content (AvgIpc) is 2.49. The van der Waals surface area contributed by atoms with Crippen LogP contribution in [-0.2, 0) is 0 Å². The Kier molecular flexibility index (Phi) is 3.20. The van der Waals surface area contributed by atoms with Gasteiger partial charge in [0, 0.05) is 5.56 Å². The molecule has 4 nitrogen and oxygen atoms in total. The summed E-state index contributed by atoms with van der Waals surface area (Å²) in [4.78, 5) is 4.31. The Balaban J connectivity index is 2.17. The van der Waals surface area contributed by atoms with E-state index < -0.39 is 0 Å². The molecule has 0 aliphatic heterocycles. The van der Waals surface area contributed by atoms with E-state index in [1.165, 1.54) is 0 Å². The molecule has 3 aromatic rings. The van der Waals surface area contributed by atoms with Gasteiger partial charge in [-0.3, -0.25) is 4.98 Å². The third-order valence-electron chi connectivity index (χ3n) is 3.24. The first kappa shape index (κ1) is 13.0. The van der Waals surface area contributed by atoms with Crippen LogP contribution in [0.3, 0.4) is 0 Å². The predicted octanol–water partition coefficient (Wildman–Crippen LogP) is 3.41. The second kappa shape index (κ2) is 5.17. The number of hydrogen-bond donors (Lipinski definition) is 3. The molecule has 0 amide bonds. The Bertz CT molecular complexity index is 766. The highest BCUT2D eigenvalue weighted by molar-refractivity contribution is 5.83. The normalized spacial score (nSPS) is 10.5. The summed E-state index contributed by atoms with van der Waals surface area (Å²) in [7, 11) is 0. The first-order chi connectivity index (χ1) is 10.1. The van der Waals surface area contributed by atoms with E-state index in [4.69, 9.17) is 5.73 Å². The van der Waals surface area contributed by atoms with E-state index in [1.807, 2.05) is 24.3 Å². The number of aromatic nitrogens is 1. The summed E-state index contributed by atoms with van der Waals surface area (Å²) in [6, 6.07) is 15.6. The minimum Gasteiger partial charge on any atom is -0.508 e. The summed E-state index contributed by atoms with van der Waals surface area (Å²) in [5, 5.41) is 19.2. The van der Waals surface area contributed by atoms with Gasteiger partial charge in [-0.2, -0.15) is 0 Å². The molecule has 4 N–H and O–H groups in total. The fraction of sp³-hybridized carbons (Fsp3) is 0. The lowest BCUT2D eigenvalue weighted by Crippen LogP contribution is -1.90. The minimum absolute atomic E-state index is 0.172. The van der Waals surface area contributed by atoms with Gasteiger partial charge in [0.2, 0.25) is 0 Å². The molecule has 0 radical (unpaired) electrons. The molecule has 4 heteroatoms. The lowest BCUT2D eigenvalue weighted by atomic mass is 9.97. The van der Waals surface area contributed by atoms with E-state index in [0.717, 1.165) is 22.4 Å². The topological polar surface area (TPSA) is 79.4 Å². The number of nitrogen functional groups attached to an aromatic ring is 1. The van der Waals surface area contributed by atoms with Crippen LogP contribution in [-0.4, -0.2) is 15.2 Å². The van der Waals surface area contributed by atoms with Crippen molar-refractivity contribution in [2.75, 3.05) is 5.73 Å². The molecule has 0 aliphatic rings. The molecule has 0 unspecified atom stereocenters. The van der Waals surface area contributed by atoms with E-state index in [9.17, 15) is 10.2 Å². The zero-order chi connectivity index (χ0) is 14.8. The second-order valence-electron chi connectivity index (χ2n) is 4.75. The number of phenols is 2. The van der Waals surface area contributed by atoms with Gasteiger partial charge in [0.25, 0.3) is 0 Å². The Morgan fingerprint density at radius 3 is 2.14 bits per heavy atom. The average molecular weight is 278 g/mol. The van der Waals surface area contributed by atoms with Crippen molar-refractivity contribution in [2.24, 2.45) is 0 Å². The number of pyridine rings is 1. The third kappa shape index (κ3) is 2.65. The van der Waals surface area contributed by atoms with Gasteiger partial charge in [-0.25, -0.2) is 0 Å². The predicted molar refractivity (Wildman–Crippen MR) is 82.9 cm³/mol. The molecule has 0 saturated heterocycles. The quantitative estimate of drug-likeness (QED) is 0.671. The summed E-state index contributed by atoms with van der Waals surface area (Å²) >= 11 is 0. The van der Waals surface area contributed by atoms with Crippen molar-refractivity contribution in [2.45, 2.75) is 0 Å². The van der Waals surface area contributed by atoms with Crippen molar-refractivity contribution in [3.8, 4) is 33.9 Å². The van der Waals surface area contributed by atoms with Crippen LogP contribution in [0.5, 0.6) is 11.5 Å². The first-order valence-electron chi connectivity index (χ1n) is 6.48. The van der Waals surface area contributed by atoms with E-state index >= 15 is 0 Å². The molecule has 0 fully saturated rings. The summed E-state index contributed by atoms with van der Waals surface area (Å²) in [6.07, 6.45) is 1.58. The fourth-order valence-electron chi connectivity index (χ4n) is 2.20. The second-order valence-corrected chi connectivity index (χ2v) is 4.75. The molecule has 0 atom stereocenters. The molecule has 21 heavy (non-hydrogen) atoms. The SMILES string of the molecule is Nc1ccc(-c2cc(O)ccc2-c2ccc(O)cc2)nc1. The highest BCUT2D eigenvalue weighted by Gasteiger charge is 2.10. The highest BCUT2D eigenvalue weighted by Crippen LogP contribution is 2.34. The molecule has 1 heterocycles. The summed E-state index contributed by atoms with van der Waals surface area (Å²) in [6.45, 7) is 0. The zero-order valence-electron chi connectivity index (χ0n) is 11.2. The maximum absolute atomic E-state index is 9.75. The standard InChI is InChI=1S/C17H14N2O2/c18-12-3-8-17(19-10-12)16-9-14(21)6-7-15(16)11-1-4-13(20)5-2-11/h1-10,20-21H,18H2. The number of nitrogens with zero attached hydrogens (tertiary/aromatic N) is 1. The lowest BCUT2D eigenvalue weighted by Gasteiger charge is -2.10. The van der Waals surface area contributed by atoms with Gasteiger partial charge in [-0.05, 0) is 47.5 Å². The Morgan fingerprint density at radius 1 is 0.762 bits per heavy atom. The third-order valence-corrected chi connectivity index (χ3v) is 3.24. The van der Waals surface area contributed by atoms with Crippen LogP contribution in [0.2, 0.25) is 0 Å². The molecule has 1 aromatic heterocycles. The van der Waals surface area contributed by atoms with Gasteiger partial charge in [0.1, 0.15) is 11.5 Å². The lowest BCUT2D eigenvalue weighted by molar-refractivity contribution is 0.474. The largest absolute Gasteiger partial charge is 0.508 e. The van der Waals surface area contributed by atoms with Crippen LogP contribution in [0.4, 0.5) is 5.69 Å². The van der Waals surface area contributed by atoms with Crippen LogP contribution in [0, 0.1) is 0 Å². The molecule has 3 rings (SSSR count). The zero-order valence-corrected chi connectivity index (χ0v) is 11.2. The van der Waals surface area contributed by atoms with Crippen LogP contribution in [0.25, 0.3) is 22.4 Å². The number of benzene rings is 2. The molecular formula is C17H14N2O2. The minimum atomic E-state index is 0.172. The van der Waals surface area contributed by atoms with Crippen molar-refractivity contribution >= 4 is 5.69 Å². The smallest absolute Gasteiger partial charge is 0.116 e. The van der Waals surface area contributed by atoms with Crippen LogP contribution in [0.15, 0.2) is 60.8 Å². The molecule has 0 aliphatic carbocycles. The highest BCUT2D eigenvalue weighted by atomic mass is 16.3. The first-order valence-corrected chi connectivity index (χ1v) is 6.48. The van der Waals surface area contributed by atoms with Crippen molar-refractivity contribution < 1.29 is 10.2 Å². The summed E-state index contributed by atoms with van der Waals surface area (Å²) in [5.74, 6) is 0.385. The van der Waals surface area contributed by atoms with Crippen LogP contribution < -0.4 is 5.73 Å². The fourth-order valence-corrected chi connectivity index (χ4v) is 2.20.